The van der Waals surface area contributed by atoms with Crippen LogP contribution in [0.5, 0.6) is 17.2 Å². The molecular formula is C20H14ClNO7S. The number of benzene rings is 2. The fourth-order valence-electron chi connectivity index (χ4n) is 2.84. The highest BCUT2D eigenvalue weighted by Gasteiger charge is 2.35. The van der Waals surface area contributed by atoms with Gasteiger partial charge in [0.05, 0.1) is 11.4 Å². The quantitative estimate of drug-likeness (QED) is 0.667. The van der Waals surface area contributed by atoms with Gasteiger partial charge in [-0.15, -0.1) is 0 Å². The van der Waals surface area contributed by atoms with Crippen molar-refractivity contribution >= 4 is 46.6 Å². The minimum absolute atomic E-state index is 0.0133. The van der Waals surface area contributed by atoms with Gasteiger partial charge in [-0.05, 0) is 47.2 Å². The molecule has 0 atom stereocenters. The van der Waals surface area contributed by atoms with Crippen molar-refractivity contribution in [3.05, 3.63) is 57.5 Å². The summed E-state index contributed by atoms with van der Waals surface area (Å²) in [4.78, 5) is 37.1. The van der Waals surface area contributed by atoms with E-state index in [2.05, 4.69) is 0 Å². The number of thioether (sulfide) groups is 1. The van der Waals surface area contributed by atoms with E-state index < -0.39 is 23.7 Å². The number of carboxylic acids is 1. The summed E-state index contributed by atoms with van der Waals surface area (Å²) >= 11 is 7.09. The van der Waals surface area contributed by atoms with Gasteiger partial charge in [-0.3, -0.25) is 14.5 Å². The largest absolute Gasteiger partial charge is 0.482 e. The number of carboxylic acid groups (broad SMARTS) is 1. The van der Waals surface area contributed by atoms with E-state index in [-0.39, 0.29) is 18.2 Å². The van der Waals surface area contributed by atoms with Crippen molar-refractivity contribution in [2.45, 2.75) is 6.54 Å². The number of ether oxygens (including phenoxy) is 3. The molecule has 2 aliphatic rings. The molecule has 1 fully saturated rings. The third-order valence-electron chi connectivity index (χ3n) is 4.28. The third kappa shape index (κ3) is 4.22. The molecule has 1 saturated heterocycles. The Hall–Kier alpha value is -3.17. The molecule has 2 amide bonds. The first kappa shape index (κ1) is 20.1. The monoisotopic (exact) mass is 447 g/mol. The molecular weight excluding hydrogens is 434 g/mol. The van der Waals surface area contributed by atoms with Crippen LogP contribution in [0, 0.1) is 0 Å². The SMILES string of the molecule is O=C(O)COc1ccc(/C=C2/SC(=O)N(Cc3cc4c(cc3Cl)OCO4)C2=O)cc1. The molecule has 2 aromatic rings. The Bertz CT molecular complexity index is 1070. The van der Waals surface area contributed by atoms with Crippen molar-refractivity contribution in [2.24, 2.45) is 0 Å². The Labute approximate surface area is 180 Å². The first-order chi connectivity index (χ1) is 14.4. The van der Waals surface area contributed by atoms with E-state index in [0.29, 0.717) is 33.4 Å². The summed E-state index contributed by atoms with van der Waals surface area (Å²) in [6.07, 6.45) is 1.59. The molecule has 0 bridgehead atoms. The van der Waals surface area contributed by atoms with Gasteiger partial charge in [-0.2, -0.15) is 0 Å². The minimum Gasteiger partial charge on any atom is -0.482 e. The number of amides is 2. The van der Waals surface area contributed by atoms with Gasteiger partial charge in [0, 0.05) is 11.1 Å². The zero-order chi connectivity index (χ0) is 21.3. The van der Waals surface area contributed by atoms with Gasteiger partial charge in [-0.25, -0.2) is 4.79 Å². The molecule has 0 aliphatic carbocycles. The summed E-state index contributed by atoms with van der Waals surface area (Å²) in [5.74, 6) is -0.0731. The number of carbonyl (C=O) groups excluding carboxylic acids is 2. The topological polar surface area (TPSA) is 102 Å². The maximum atomic E-state index is 12.7. The molecule has 8 nitrogen and oxygen atoms in total. The molecule has 0 saturated carbocycles. The van der Waals surface area contributed by atoms with Crippen LogP contribution >= 0.6 is 23.4 Å². The van der Waals surface area contributed by atoms with Gasteiger partial charge in [0.15, 0.2) is 18.1 Å². The number of imide groups is 1. The number of fused-ring (bicyclic) bond motifs is 1. The van der Waals surface area contributed by atoms with Crippen LogP contribution in [0.3, 0.4) is 0 Å². The van der Waals surface area contributed by atoms with Crippen molar-refractivity contribution < 1.29 is 33.7 Å². The average Bonchev–Trinajstić information content (AvgIpc) is 3.26. The Kier molecular flexibility index (Phi) is 5.56. The average molecular weight is 448 g/mol. The molecule has 10 heteroatoms. The Morgan fingerprint density at radius 1 is 1.20 bits per heavy atom. The highest BCUT2D eigenvalue weighted by Crippen LogP contribution is 2.39. The van der Waals surface area contributed by atoms with E-state index in [4.69, 9.17) is 30.9 Å². The summed E-state index contributed by atoms with van der Waals surface area (Å²) in [7, 11) is 0. The predicted octanol–water partition coefficient (Wildman–Crippen LogP) is 3.77. The fraction of sp³-hybridized carbons (Fsp3) is 0.150. The van der Waals surface area contributed by atoms with E-state index >= 15 is 0 Å². The molecule has 2 aliphatic heterocycles. The second-order valence-corrected chi connectivity index (χ2v) is 7.72. The Morgan fingerprint density at radius 3 is 2.60 bits per heavy atom. The lowest BCUT2D eigenvalue weighted by molar-refractivity contribution is -0.139. The van der Waals surface area contributed by atoms with Crippen molar-refractivity contribution in [1.82, 2.24) is 4.90 Å². The molecule has 2 aromatic carbocycles. The highest BCUT2D eigenvalue weighted by molar-refractivity contribution is 8.18. The number of carbonyl (C=O) groups is 3. The van der Waals surface area contributed by atoms with Crippen molar-refractivity contribution in [2.75, 3.05) is 13.4 Å². The van der Waals surface area contributed by atoms with Crippen LogP contribution in [-0.2, 0) is 16.1 Å². The third-order valence-corrected chi connectivity index (χ3v) is 5.54. The standard InChI is InChI=1S/C20H14ClNO7S/c21-14-7-16-15(28-10-29-16)6-12(14)8-22-19(25)17(30-20(22)26)5-11-1-3-13(4-2-11)27-9-18(23)24/h1-7H,8-10H2,(H,23,24)/b17-5+. The minimum atomic E-state index is -1.07. The van der Waals surface area contributed by atoms with Crippen LogP contribution in [0.2, 0.25) is 5.02 Å². The smallest absolute Gasteiger partial charge is 0.341 e. The second-order valence-electron chi connectivity index (χ2n) is 6.32. The molecule has 0 radical (unpaired) electrons. The van der Waals surface area contributed by atoms with Crippen LogP contribution in [0.15, 0.2) is 41.3 Å². The molecule has 0 unspecified atom stereocenters. The molecule has 154 valence electrons. The maximum absolute atomic E-state index is 12.7. The molecule has 1 N–H and O–H groups in total. The van der Waals surface area contributed by atoms with Gasteiger partial charge in [-0.1, -0.05) is 23.7 Å². The van der Waals surface area contributed by atoms with E-state index in [1.54, 1.807) is 42.5 Å². The lowest BCUT2D eigenvalue weighted by atomic mass is 10.1. The van der Waals surface area contributed by atoms with Crippen molar-refractivity contribution in [3.8, 4) is 17.2 Å². The Morgan fingerprint density at radius 2 is 1.90 bits per heavy atom. The van der Waals surface area contributed by atoms with E-state index in [1.165, 1.54) is 0 Å². The molecule has 0 aromatic heterocycles. The van der Waals surface area contributed by atoms with Crippen LogP contribution in [0.4, 0.5) is 4.79 Å². The number of halogens is 1. The first-order valence-corrected chi connectivity index (χ1v) is 9.88. The molecule has 30 heavy (non-hydrogen) atoms. The van der Waals surface area contributed by atoms with Gasteiger partial charge < -0.3 is 19.3 Å². The summed E-state index contributed by atoms with van der Waals surface area (Å²) in [6, 6.07) is 9.77. The lowest BCUT2D eigenvalue weighted by Gasteiger charge is -2.14. The highest BCUT2D eigenvalue weighted by atomic mass is 35.5. The molecule has 2 heterocycles. The Balaban J connectivity index is 1.48. The second kappa shape index (κ2) is 8.29. The lowest BCUT2D eigenvalue weighted by Crippen LogP contribution is -2.27. The zero-order valence-electron chi connectivity index (χ0n) is 15.3. The maximum Gasteiger partial charge on any atom is 0.341 e. The summed E-state index contributed by atoms with van der Waals surface area (Å²) in [5.41, 5.74) is 1.24. The normalized spacial score (nSPS) is 16.4. The van der Waals surface area contributed by atoms with E-state index in [0.717, 1.165) is 16.7 Å². The molecule has 0 spiro atoms. The van der Waals surface area contributed by atoms with Crippen LogP contribution in [0.1, 0.15) is 11.1 Å². The summed E-state index contributed by atoms with van der Waals surface area (Å²) < 4.78 is 15.7. The molecule has 4 rings (SSSR count). The van der Waals surface area contributed by atoms with E-state index in [9.17, 15) is 14.4 Å². The summed E-state index contributed by atoms with van der Waals surface area (Å²) in [5, 5.41) is 8.61. The van der Waals surface area contributed by atoms with Crippen molar-refractivity contribution in [3.63, 3.8) is 0 Å². The summed E-state index contributed by atoms with van der Waals surface area (Å²) in [6.45, 7) is -0.334. The number of aliphatic carboxylic acids is 1. The van der Waals surface area contributed by atoms with Crippen LogP contribution < -0.4 is 14.2 Å². The predicted molar refractivity (Wildman–Crippen MR) is 109 cm³/mol. The van der Waals surface area contributed by atoms with Gasteiger partial charge >= 0.3 is 5.97 Å². The first-order valence-electron chi connectivity index (χ1n) is 8.69. The number of hydrogen-bond acceptors (Lipinski definition) is 7. The van der Waals surface area contributed by atoms with Crippen LogP contribution in [0.25, 0.3) is 6.08 Å². The number of rotatable bonds is 6. The van der Waals surface area contributed by atoms with Gasteiger partial charge in [0.1, 0.15) is 5.75 Å². The van der Waals surface area contributed by atoms with Gasteiger partial charge in [0.2, 0.25) is 6.79 Å². The van der Waals surface area contributed by atoms with Crippen molar-refractivity contribution in [1.29, 1.82) is 0 Å². The fourth-order valence-corrected chi connectivity index (χ4v) is 3.90. The zero-order valence-corrected chi connectivity index (χ0v) is 16.9. The number of nitrogens with zero attached hydrogens (tertiary/aromatic N) is 1. The van der Waals surface area contributed by atoms with Gasteiger partial charge in [0.25, 0.3) is 11.1 Å². The number of hydrogen-bond donors (Lipinski definition) is 1. The van der Waals surface area contributed by atoms with Crippen LogP contribution in [-0.4, -0.2) is 40.5 Å². The van der Waals surface area contributed by atoms with E-state index in [1.807, 2.05) is 0 Å².